The Kier molecular flexibility index (Phi) is 8.85. The van der Waals surface area contributed by atoms with E-state index in [1.54, 1.807) is 6.20 Å². The van der Waals surface area contributed by atoms with Crippen molar-refractivity contribution < 1.29 is 0 Å². The first-order chi connectivity index (χ1) is 24.8. The monoisotopic (exact) mass is 755 g/mol. The van der Waals surface area contributed by atoms with Gasteiger partial charge in [-0.15, -0.1) is 0 Å². The number of allylic oxidation sites excluding steroid dienone is 3. The first-order valence-electron chi connectivity index (χ1n) is 16.7. The summed E-state index contributed by atoms with van der Waals surface area (Å²) in [5.41, 5.74) is 15.1. The first kappa shape index (κ1) is 31.5. The van der Waals surface area contributed by atoms with Gasteiger partial charge in [0.1, 0.15) is 5.82 Å². The lowest BCUT2D eigenvalue weighted by molar-refractivity contribution is 1.11. The van der Waals surface area contributed by atoms with E-state index in [4.69, 9.17) is 10.7 Å². The number of fused-ring (bicyclic) bond motifs is 6. The molecule has 240 valence electrons. The van der Waals surface area contributed by atoms with Crippen LogP contribution < -0.4 is 10.6 Å². The Labute approximate surface area is 306 Å². The van der Waals surface area contributed by atoms with Gasteiger partial charge in [0.25, 0.3) is 0 Å². The molecule has 0 saturated heterocycles. The number of halogens is 1. The predicted molar refractivity (Wildman–Crippen MR) is 222 cm³/mol. The van der Waals surface area contributed by atoms with E-state index < -0.39 is 0 Å². The zero-order valence-corrected chi connectivity index (χ0v) is 29.5. The largest absolute Gasteiger partial charge is 0.405 e. The van der Waals surface area contributed by atoms with E-state index in [1.807, 2.05) is 30.5 Å². The lowest BCUT2D eigenvalue weighted by Gasteiger charge is -2.26. The minimum atomic E-state index is 0.781. The van der Waals surface area contributed by atoms with Crippen molar-refractivity contribution in [2.24, 2.45) is 5.73 Å². The van der Waals surface area contributed by atoms with E-state index in [2.05, 4.69) is 173 Å². The molecule has 8 rings (SSSR count). The highest BCUT2D eigenvalue weighted by molar-refractivity contribution is 14.1. The third-order valence-corrected chi connectivity index (χ3v) is 10.1. The maximum atomic E-state index is 5.76. The molecule has 50 heavy (non-hydrogen) atoms. The molecule has 0 amide bonds. The molecule has 7 aromatic carbocycles. The highest BCUT2D eigenvalue weighted by Crippen LogP contribution is 2.49. The van der Waals surface area contributed by atoms with E-state index in [0.717, 1.165) is 27.2 Å². The van der Waals surface area contributed by atoms with E-state index >= 15 is 0 Å². The van der Waals surface area contributed by atoms with Crippen LogP contribution in [0, 0.1) is 0 Å². The quantitative estimate of drug-likeness (QED) is 0.0727. The third-order valence-electron chi connectivity index (χ3n) is 9.30. The average molecular weight is 756 g/mol. The van der Waals surface area contributed by atoms with Crippen LogP contribution in [0.3, 0.4) is 0 Å². The van der Waals surface area contributed by atoms with Crippen LogP contribution in [0.4, 0.5) is 11.5 Å². The summed E-state index contributed by atoms with van der Waals surface area (Å²) in [6.45, 7) is 0. The van der Waals surface area contributed by atoms with Crippen molar-refractivity contribution in [1.82, 2.24) is 4.98 Å². The van der Waals surface area contributed by atoms with Crippen LogP contribution in [-0.2, 0) is 0 Å². The van der Waals surface area contributed by atoms with Crippen LogP contribution in [0.2, 0.25) is 0 Å². The number of aromatic nitrogens is 1. The van der Waals surface area contributed by atoms with Crippen LogP contribution in [-0.4, -0.2) is 9.41 Å². The molecule has 2 N–H and O–H groups in total. The molecule has 0 unspecified atom stereocenters. The van der Waals surface area contributed by atoms with Crippen molar-refractivity contribution in [3.8, 4) is 33.4 Å². The molecule has 3 nitrogen and oxygen atoms in total. The van der Waals surface area contributed by atoms with Gasteiger partial charge in [0.2, 0.25) is 0 Å². The molecule has 0 fully saturated rings. The molecule has 0 radical (unpaired) electrons. The second-order valence-corrected chi connectivity index (χ2v) is 12.9. The summed E-state index contributed by atoms with van der Waals surface area (Å²) in [7, 11) is 0. The Morgan fingerprint density at radius 1 is 0.580 bits per heavy atom. The van der Waals surface area contributed by atoms with Crippen LogP contribution in [0.25, 0.3) is 65.7 Å². The Hall–Kier alpha value is -5.72. The summed E-state index contributed by atoms with van der Waals surface area (Å²) < 4.78 is 0.781. The van der Waals surface area contributed by atoms with Gasteiger partial charge < -0.3 is 5.73 Å². The number of nitrogens with zero attached hydrogens (tertiary/aromatic N) is 2. The molecule has 0 saturated carbocycles. The van der Waals surface area contributed by atoms with E-state index in [9.17, 15) is 0 Å². The zero-order valence-electron chi connectivity index (χ0n) is 27.4. The normalized spacial score (nSPS) is 11.9. The maximum Gasteiger partial charge on any atom is 0.137 e. The SMILES string of the molecule is N/C=C\C=C(/CI)N(c1ccc(-c2c(-c3ccccc3)cc(-c3ccccc3)c3c4ccccc4c4ccccc4c23)cc1)c1ccccn1. The molecule has 0 bridgehead atoms. The van der Waals surface area contributed by atoms with Crippen molar-refractivity contribution in [2.75, 3.05) is 9.33 Å². The topological polar surface area (TPSA) is 42.1 Å². The van der Waals surface area contributed by atoms with E-state index in [-0.39, 0.29) is 0 Å². The fraction of sp³-hybridized carbons (Fsp3) is 0.0217. The molecule has 0 aliphatic rings. The Morgan fingerprint density at radius 2 is 1.14 bits per heavy atom. The van der Waals surface area contributed by atoms with Crippen molar-refractivity contribution in [1.29, 1.82) is 0 Å². The van der Waals surface area contributed by atoms with Gasteiger partial charge in [-0.1, -0.05) is 150 Å². The van der Waals surface area contributed by atoms with Crippen molar-refractivity contribution in [2.45, 2.75) is 0 Å². The number of nitrogens with two attached hydrogens (primary N) is 1. The molecule has 4 heteroatoms. The smallest absolute Gasteiger partial charge is 0.137 e. The Balaban J connectivity index is 1.47. The van der Waals surface area contributed by atoms with Gasteiger partial charge in [-0.3, -0.25) is 4.90 Å². The third kappa shape index (κ3) is 5.71. The van der Waals surface area contributed by atoms with Gasteiger partial charge in [0.15, 0.2) is 0 Å². The van der Waals surface area contributed by atoms with Gasteiger partial charge in [-0.25, -0.2) is 4.98 Å². The minimum Gasteiger partial charge on any atom is -0.405 e. The van der Waals surface area contributed by atoms with Crippen LogP contribution in [0.1, 0.15) is 0 Å². The molecular weight excluding hydrogens is 721 g/mol. The number of alkyl halides is 1. The zero-order chi connectivity index (χ0) is 33.9. The highest BCUT2D eigenvalue weighted by atomic mass is 127. The van der Waals surface area contributed by atoms with Crippen LogP contribution >= 0.6 is 22.6 Å². The van der Waals surface area contributed by atoms with Gasteiger partial charge in [0.05, 0.1) is 0 Å². The van der Waals surface area contributed by atoms with E-state index in [1.165, 1.54) is 60.1 Å². The molecule has 0 atom stereocenters. The molecule has 1 aromatic heterocycles. The van der Waals surface area contributed by atoms with E-state index in [0.29, 0.717) is 0 Å². The van der Waals surface area contributed by atoms with Gasteiger partial charge in [-0.05, 0) is 114 Å². The second kappa shape index (κ2) is 14.0. The fourth-order valence-corrected chi connectivity index (χ4v) is 7.74. The lowest BCUT2D eigenvalue weighted by atomic mass is 9.81. The molecule has 1 heterocycles. The summed E-state index contributed by atoms with van der Waals surface area (Å²) in [6.07, 6.45) is 7.33. The molecule has 0 aliphatic heterocycles. The number of rotatable bonds is 8. The number of hydrogen-bond acceptors (Lipinski definition) is 3. The molecular formula is C46H34IN3. The maximum absolute atomic E-state index is 5.76. The van der Waals surface area contributed by atoms with Crippen molar-refractivity contribution >= 4 is 66.4 Å². The number of anilines is 2. The minimum absolute atomic E-state index is 0.781. The summed E-state index contributed by atoms with van der Waals surface area (Å²) in [6, 6.07) is 56.7. The van der Waals surface area contributed by atoms with Gasteiger partial charge in [-0.2, -0.15) is 0 Å². The highest BCUT2D eigenvalue weighted by Gasteiger charge is 2.22. The number of benzene rings is 7. The van der Waals surface area contributed by atoms with Gasteiger partial charge >= 0.3 is 0 Å². The standard InChI is InChI=1S/C46H34IN3/c47-31-36(18-13-28-48)50(43-23-11-12-29-49-43)35-26-24-34(25-27-35)44-41(32-14-3-1-4-15-32)30-42(33-16-5-2-6-17-33)45-39-21-9-7-19-37(39)38-20-8-10-22-40(38)46(44)45/h1-30H,31,48H2/b28-13-,36-18+. The summed E-state index contributed by atoms with van der Waals surface area (Å²) in [5.74, 6) is 0.855. The predicted octanol–water partition coefficient (Wildman–Crippen LogP) is 12.5. The Morgan fingerprint density at radius 3 is 1.72 bits per heavy atom. The Bertz CT molecular complexity index is 2510. The van der Waals surface area contributed by atoms with Crippen LogP contribution in [0.15, 0.2) is 188 Å². The summed E-state index contributed by atoms with van der Waals surface area (Å²) in [5, 5.41) is 7.54. The number of pyridine rings is 1. The van der Waals surface area contributed by atoms with Crippen molar-refractivity contribution in [3.63, 3.8) is 0 Å². The second-order valence-electron chi connectivity index (χ2n) is 12.2. The lowest BCUT2D eigenvalue weighted by Crippen LogP contribution is -2.18. The van der Waals surface area contributed by atoms with Crippen molar-refractivity contribution in [3.05, 3.63) is 188 Å². The fourth-order valence-electron chi connectivity index (χ4n) is 7.15. The van der Waals surface area contributed by atoms with Gasteiger partial charge in [0, 0.05) is 22.0 Å². The number of hydrogen-bond donors (Lipinski definition) is 1. The summed E-state index contributed by atoms with van der Waals surface area (Å²) >= 11 is 2.40. The van der Waals surface area contributed by atoms with Crippen LogP contribution in [0.5, 0.6) is 0 Å². The molecule has 0 spiro atoms. The summed E-state index contributed by atoms with van der Waals surface area (Å²) in [4.78, 5) is 6.94. The average Bonchev–Trinajstić information content (AvgIpc) is 3.20. The molecule has 8 aromatic rings. The first-order valence-corrected chi connectivity index (χ1v) is 18.3. The molecule has 0 aliphatic carbocycles.